The van der Waals surface area contributed by atoms with Crippen molar-refractivity contribution < 1.29 is 18.0 Å². The second kappa shape index (κ2) is 12.0. The van der Waals surface area contributed by atoms with Gasteiger partial charge in [0.05, 0.1) is 11.3 Å². The number of hydrogen-bond acceptors (Lipinski definition) is 5. The minimum Gasteiger partial charge on any atom is -0.354 e. The third kappa shape index (κ3) is 6.55. The fourth-order valence-corrected chi connectivity index (χ4v) is 4.66. The molecule has 6 nitrogen and oxygen atoms in total. The fraction of sp³-hybridized carbons (Fsp3) is 0.593. The maximum Gasteiger partial charge on any atom is 0.416 e. The van der Waals surface area contributed by atoms with Crippen LogP contribution in [0.25, 0.3) is 5.57 Å². The van der Waals surface area contributed by atoms with Gasteiger partial charge < -0.3 is 15.5 Å². The summed E-state index contributed by atoms with van der Waals surface area (Å²) < 4.78 is 41.8. The molecule has 1 saturated heterocycles. The standard InChI is InChI=1S/C27H38F3N5O/c1-6-17(3)26(36)34-25(32-7-2)24(18(4)20-9-8-10-20)19(5)22-15-21(27(28,29)30)16-23(33-22)35-13-11-31-12-14-35/h7,15-18,20,31H,2,6,8-14H2,1,3-5H3,(H,32,34,36)/b24-19+. The number of aliphatic imine (C=N–C) groups is 1. The van der Waals surface area contributed by atoms with Crippen molar-refractivity contribution in [2.24, 2.45) is 22.7 Å². The first kappa shape index (κ1) is 27.9. The van der Waals surface area contributed by atoms with Crippen LogP contribution in [0.5, 0.6) is 0 Å². The molecule has 1 saturated carbocycles. The minimum absolute atomic E-state index is 0.0198. The summed E-state index contributed by atoms with van der Waals surface area (Å²) in [5, 5.41) is 6.16. The molecule has 36 heavy (non-hydrogen) atoms. The van der Waals surface area contributed by atoms with E-state index in [1.165, 1.54) is 6.20 Å². The summed E-state index contributed by atoms with van der Waals surface area (Å²) in [6.07, 6.45) is 0.680. The van der Waals surface area contributed by atoms with Crippen LogP contribution < -0.4 is 15.5 Å². The summed E-state index contributed by atoms with van der Waals surface area (Å²) in [5.41, 5.74) is 0.812. The first-order valence-electron chi connectivity index (χ1n) is 12.8. The largest absolute Gasteiger partial charge is 0.416 e. The Morgan fingerprint density at radius 2 is 1.97 bits per heavy atom. The van der Waals surface area contributed by atoms with Crippen molar-refractivity contribution in [1.82, 2.24) is 15.6 Å². The van der Waals surface area contributed by atoms with Crippen LogP contribution in [0.4, 0.5) is 19.0 Å². The molecule has 1 aromatic rings. The number of carbonyl (C=O) groups is 1. The molecule has 1 aromatic heterocycles. The van der Waals surface area contributed by atoms with Crippen LogP contribution in [-0.4, -0.2) is 42.9 Å². The molecule has 1 amide bonds. The second-order valence-electron chi connectivity index (χ2n) is 9.81. The minimum atomic E-state index is -4.51. The number of alkyl halides is 3. The lowest BCUT2D eigenvalue weighted by Crippen LogP contribution is -2.44. The van der Waals surface area contributed by atoms with Gasteiger partial charge in [0, 0.05) is 43.9 Å². The second-order valence-corrected chi connectivity index (χ2v) is 9.81. The lowest BCUT2D eigenvalue weighted by atomic mass is 9.72. The first-order chi connectivity index (χ1) is 17.1. The van der Waals surface area contributed by atoms with Gasteiger partial charge in [-0.15, -0.1) is 0 Å². The van der Waals surface area contributed by atoms with Crippen molar-refractivity contribution in [1.29, 1.82) is 0 Å². The van der Waals surface area contributed by atoms with Gasteiger partial charge in [0.2, 0.25) is 5.91 Å². The van der Waals surface area contributed by atoms with Crippen molar-refractivity contribution >= 4 is 23.1 Å². The van der Waals surface area contributed by atoms with Crippen LogP contribution in [-0.2, 0) is 11.0 Å². The first-order valence-corrected chi connectivity index (χ1v) is 12.8. The molecule has 0 aromatic carbocycles. The summed E-state index contributed by atoms with van der Waals surface area (Å²) in [6, 6.07) is 2.23. The highest BCUT2D eigenvalue weighted by Gasteiger charge is 2.35. The zero-order chi connectivity index (χ0) is 26.5. The number of piperazine rings is 1. The summed E-state index contributed by atoms with van der Waals surface area (Å²) >= 11 is 0. The smallest absolute Gasteiger partial charge is 0.354 e. The SMILES string of the molecule is C=CN=C(NC(=O)C(C)CC)/C(=C(\C)c1cc(C(F)(F)F)cc(N2CCNCC2)n1)C(C)C1CCC1. The number of rotatable bonds is 8. The molecule has 198 valence electrons. The summed E-state index contributed by atoms with van der Waals surface area (Å²) in [6.45, 7) is 13.8. The molecule has 0 bridgehead atoms. The Balaban J connectivity index is 2.17. The lowest BCUT2D eigenvalue weighted by molar-refractivity contribution is -0.137. The van der Waals surface area contributed by atoms with Gasteiger partial charge >= 0.3 is 6.18 Å². The number of halogens is 3. The molecule has 2 heterocycles. The monoisotopic (exact) mass is 505 g/mol. The third-order valence-corrected chi connectivity index (χ3v) is 7.46. The maximum absolute atomic E-state index is 13.9. The van der Waals surface area contributed by atoms with E-state index in [4.69, 9.17) is 4.98 Å². The topological polar surface area (TPSA) is 69.6 Å². The number of nitrogens with one attached hydrogen (secondary N) is 2. The van der Waals surface area contributed by atoms with Crippen molar-refractivity contribution in [2.75, 3.05) is 31.1 Å². The normalized spacial score (nSPS) is 19.8. The molecule has 0 radical (unpaired) electrons. The van der Waals surface area contributed by atoms with Crippen molar-refractivity contribution in [3.63, 3.8) is 0 Å². The van der Waals surface area contributed by atoms with E-state index in [1.807, 2.05) is 18.7 Å². The van der Waals surface area contributed by atoms with Gasteiger partial charge in [-0.3, -0.25) is 4.79 Å². The average Bonchev–Trinajstić information content (AvgIpc) is 2.82. The Labute approximate surface area is 212 Å². The Kier molecular flexibility index (Phi) is 9.33. The number of anilines is 1. The highest BCUT2D eigenvalue weighted by Crippen LogP contribution is 2.40. The number of nitrogens with zero attached hydrogens (tertiary/aromatic N) is 3. The van der Waals surface area contributed by atoms with E-state index in [-0.39, 0.29) is 23.4 Å². The number of aromatic nitrogens is 1. The molecule has 1 aliphatic heterocycles. The number of amides is 1. The van der Waals surface area contributed by atoms with Crippen molar-refractivity contribution in [3.8, 4) is 0 Å². The van der Waals surface area contributed by atoms with Gasteiger partial charge in [0.1, 0.15) is 11.7 Å². The van der Waals surface area contributed by atoms with Crippen LogP contribution in [0.15, 0.2) is 35.5 Å². The van der Waals surface area contributed by atoms with Gasteiger partial charge in [0.25, 0.3) is 0 Å². The predicted octanol–water partition coefficient (Wildman–Crippen LogP) is 5.42. The zero-order valence-electron chi connectivity index (χ0n) is 21.7. The predicted molar refractivity (Wildman–Crippen MR) is 139 cm³/mol. The summed E-state index contributed by atoms with van der Waals surface area (Å²) in [5.74, 6) is 0.587. The van der Waals surface area contributed by atoms with Gasteiger partial charge in [-0.2, -0.15) is 13.2 Å². The number of carbonyl (C=O) groups excluding carboxylic acids is 1. The molecule has 9 heteroatoms. The van der Waals surface area contributed by atoms with E-state index in [9.17, 15) is 18.0 Å². The van der Waals surface area contributed by atoms with Crippen LogP contribution >= 0.6 is 0 Å². The number of hydrogen-bond donors (Lipinski definition) is 2. The summed E-state index contributed by atoms with van der Waals surface area (Å²) in [4.78, 5) is 23.8. The van der Waals surface area contributed by atoms with Gasteiger partial charge in [-0.1, -0.05) is 33.8 Å². The molecule has 2 unspecified atom stereocenters. The molecule has 3 rings (SSSR count). The van der Waals surface area contributed by atoms with E-state index >= 15 is 0 Å². The number of amidine groups is 1. The molecule has 2 atom stereocenters. The highest BCUT2D eigenvalue weighted by atomic mass is 19.4. The Bertz CT molecular complexity index is 1010. The molecule has 2 N–H and O–H groups in total. The van der Waals surface area contributed by atoms with Crippen molar-refractivity contribution in [3.05, 3.63) is 41.7 Å². The Hall–Kier alpha value is -2.68. The van der Waals surface area contributed by atoms with Crippen molar-refractivity contribution in [2.45, 2.75) is 59.6 Å². The summed E-state index contributed by atoms with van der Waals surface area (Å²) in [7, 11) is 0. The van der Waals surface area contributed by atoms with Crippen LogP contribution in [0.3, 0.4) is 0 Å². The van der Waals surface area contributed by atoms with Gasteiger partial charge in [-0.25, -0.2) is 9.98 Å². The van der Waals surface area contributed by atoms with E-state index in [0.29, 0.717) is 61.3 Å². The molecular formula is C27H38F3N5O. The Morgan fingerprint density at radius 3 is 2.50 bits per heavy atom. The lowest BCUT2D eigenvalue weighted by Gasteiger charge is -2.35. The Morgan fingerprint density at radius 1 is 1.31 bits per heavy atom. The quantitative estimate of drug-likeness (QED) is 0.366. The fourth-order valence-electron chi connectivity index (χ4n) is 4.66. The molecule has 2 aliphatic rings. The van der Waals surface area contributed by atoms with Crippen LogP contribution in [0, 0.1) is 17.8 Å². The maximum atomic E-state index is 13.9. The number of pyridine rings is 1. The van der Waals surface area contributed by atoms with Gasteiger partial charge in [-0.05, 0) is 55.7 Å². The van der Waals surface area contributed by atoms with E-state index in [2.05, 4.69) is 29.1 Å². The molecule has 2 fully saturated rings. The number of allylic oxidation sites excluding steroid dienone is 1. The molecule has 1 aliphatic carbocycles. The van der Waals surface area contributed by atoms with E-state index < -0.39 is 11.7 Å². The molecule has 0 spiro atoms. The van der Waals surface area contributed by atoms with Crippen LogP contribution in [0.2, 0.25) is 0 Å². The molecular weight excluding hydrogens is 467 g/mol. The zero-order valence-corrected chi connectivity index (χ0v) is 21.7. The highest BCUT2D eigenvalue weighted by molar-refractivity contribution is 6.12. The average molecular weight is 506 g/mol. The van der Waals surface area contributed by atoms with Gasteiger partial charge in [0.15, 0.2) is 0 Å². The van der Waals surface area contributed by atoms with E-state index in [1.54, 1.807) is 6.92 Å². The third-order valence-electron chi connectivity index (χ3n) is 7.46. The van der Waals surface area contributed by atoms with E-state index in [0.717, 1.165) is 31.4 Å². The van der Waals surface area contributed by atoms with Crippen LogP contribution in [0.1, 0.15) is 64.6 Å².